The number of aromatic nitrogens is 1. The van der Waals surface area contributed by atoms with Crippen molar-refractivity contribution in [2.45, 2.75) is 92.5 Å². The average molecular weight is 801 g/mol. The van der Waals surface area contributed by atoms with E-state index >= 15 is 0 Å². The molecule has 5 bridgehead atoms. The second-order valence-electron chi connectivity index (χ2n) is 15.9. The van der Waals surface area contributed by atoms with E-state index in [-0.39, 0.29) is 55.9 Å². The number of nitrogens with zero attached hydrogens (tertiary/aromatic N) is 1. The van der Waals surface area contributed by atoms with Gasteiger partial charge in [0.05, 0.1) is 48.7 Å². The number of fused-ring (bicyclic) bond motifs is 14. The Morgan fingerprint density at radius 2 is 1.53 bits per heavy atom. The van der Waals surface area contributed by atoms with E-state index < -0.39 is 76.7 Å². The standard InChI is InChI=1S/C44H52N2O12/c1-18-13-12-14-19(2)43(53)46-32-37(51)28-27(31-40(32)57-41-30(45-31)20(3)17-21(4)38(41)55-11)29-39(25(8)36(28)50)58-44(9,42(29)52)56-16-15-26(54-10)22(5)34(48)24(7)35(49)23(6)33(18)47/h12-18,22-24,26,33-35,47-50H,1-11H3,(H,46,53)/b13-12+,16-15+,19-14-/t18-,22+,23+,24-,26-,33-,34+,35+,44-/m0/s1. The Balaban J connectivity index is 1.64. The predicted octanol–water partition coefficient (Wildman–Crippen LogP) is 6.00. The lowest BCUT2D eigenvalue weighted by molar-refractivity contribution is -0.112. The van der Waals surface area contributed by atoms with Gasteiger partial charge in [0.15, 0.2) is 17.1 Å². The molecule has 0 radical (unpaired) electrons. The number of aliphatic hydroxyl groups is 3. The number of carbonyl (C=O) groups excluding carboxylic acids is 2. The molecule has 14 heteroatoms. The summed E-state index contributed by atoms with van der Waals surface area (Å²) in [7, 11) is 2.91. The third-order valence-electron chi connectivity index (χ3n) is 11.9. The zero-order chi connectivity index (χ0) is 42.7. The molecule has 7 rings (SSSR count). The number of aryl methyl sites for hydroxylation is 2. The lowest BCUT2D eigenvalue weighted by Gasteiger charge is -2.36. The van der Waals surface area contributed by atoms with Crippen molar-refractivity contribution in [3.8, 4) is 28.7 Å². The van der Waals surface area contributed by atoms with Crippen LogP contribution in [0, 0.1) is 44.4 Å². The summed E-state index contributed by atoms with van der Waals surface area (Å²) in [5.74, 6) is -6.20. The Morgan fingerprint density at radius 1 is 0.879 bits per heavy atom. The topological polar surface area (TPSA) is 207 Å². The van der Waals surface area contributed by atoms with Gasteiger partial charge in [-0.1, -0.05) is 52.0 Å². The molecule has 1 aliphatic carbocycles. The highest BCUT2D eigenvalue weighted by Gasteiger charge is 2.50. The number of carbonyl (C=O) groups is 2. The number of anilines is 1. The second kappa shape index (κ2) is 15.8. The van der Waals surface area contributed by atoms with Crippen LogP contribution in [0.25, 0.3) is 33.3 Å². The molecule has 5 aliphatic rings. The van der Waals surface area contributed by atoms with Crippen molar-refractivity contribution < 1.29 is 53.4 Å². The fourth-order valence-corrected chi connectivity index (χ4v) is 8.12. The highest BCUT2D eigenvalue weighted by molar-refractivity contribution is 6.22. The van der Waals surface area contributed by atoms with Crippen molar-refractivity contribution in [1.29, 1.82) is 0 Å². The molecule has 0 saturated carbocycles. The first-order valence-electron chi connectivity index (χ1n) is 19.2. The van der Waals surface area contributed by atoms with E-state index in [9.17, 15) is 34.8 Å². The van der Waals surface area contributed by atoms with Gasteiger partial charge in [0.1, 0.15) is 28.4 Å². The maximum atomic E-state index is 14.7. The summed E-state index contributed by atoms with van der Waals surface area (Å²) in [6, 6.07) is 1.85. The molecule has 4 aliphatic heterocycles. The highest BCUT2D eigenvalue weighted by Crippen LogP contribution is 2.51. The van der Waals surface area contributed by atoms with Gasteiger partial charge in [0.25, 0.3) is 11.7 Å². The number of hydrogen-bond donors (Lipinski definition) is 5. The van der Waals surface area contributed by atoms with Gasteiger partial charge in [-0.05, 0) is 44.9 Å². The minimum Gasteiger partial charge on any atom is -0.507 e. The third-order valence-corrected chi connectivity index (χ3v) is 11.9. The summed E-state index contributed by atoms with van der Waals surface area (Å²) in [6.07, 6.45) is 3.51. The van der Waals surface area contributed by atoms with Gasteiger partial charge in [0, 0.05) is 54.2 Å². The maximum absolute atomic E-state index is 14.7. The first-order valence-corrected chi connectivity index (χ1v) is 19.2. The van der Waals surface area contributed by atoms with Crippen molar-refractivity contribution in [2.75, 3.05) is 19.5 Å². The molecule has 2 aromatic rings. The molecule has 5 N–H and O–H groups in total. The molecule has 2 aromatic carbocycles. The summed E-state index contributed by atoms with van der Waals surface area (Å²) in [5, 5.41) is 48.0. The first-order chi connectivity index (χ1) is 27.3. The molecular formula is C44H52N2O12. The molecule has 4 heterocycles. The molecule has 0 aromatic heterocycles. The number of phenolic OH excluding ortho intramolecular Hbond substituents is 1. The van der Waals surface area contributed by atoms with Crippen molar-refractivity contribution >= 4 is 39.2 Å². The molecule has 0 saturated heterocycles. The van der Waals surface area contributed by atoms with E-state index in [1.807, 2.05) is 19.9 Å². The second-order valence-corrected chi connectivity index (χ2v) is 15.9. The fraction of sp³-hybridized carbons (Fsp3) is 0.455. The quantitative estimate of drug-likeness (QED) is 0.117. The van der Waals surface area contributed by atoms with Crippen LogP contribution >= 0.6 is 0 Å². The number of ketones is 1. The Labute approximate surface area is 336 Å². The Kier molecular flexibility index (Phi) is 11.5. The van der Waals surface area contributed by atoms with Gasteiger partial charge in [-0.15, -0.1) is 0 Å². The Hall–Kier alpha value is -5.28. The fourth-order valence-electron chi connectivity index (χ4n) is 8.12. The molecule has 14 nitrogen and oxygen atoms in total. The number of Topliss-reactive ketones (excluding diaryl/α,β-unsaturated/α-hetero) is 1. The van der Waals surface area contributed by atoms with Crippen LogP contribution in [-0.2, 0) is 14.3 Å². The molecule has 0 spiro atoms. The molecule has 310 valence electrons. The number of ether oxygens (including phenoxy) is 4. The van der Waals surface area contributed by atoms with Crippen molar-refractivity contribution in [3.05, 3.63) is 74.7 Å². The summed E-state index contributed by atoms with van der Waals surface area (Å²) in [6.45, 7) is 14.9. The number of aromatic hydroxyl groups is 1. The van der Waals surface area contributed by atoms with Crippen LogP contribution in [0.2, 0.25) is 0 Å². The van der Waals surface area contributed by atoms with Gasteiger partial charge in [-0.3, -0.25) is 14.4 Å². The Morgan fingerprint density at radius 3 is 2.19 bits per heavy atom. The third kappa shape index (κ3) is 6.91. The number of aliphatic hydroxyl groups excluding tert-OH is 3. The number of allylic oxidation sites excluding steroid dienone is 2. The lowest BCUT2D eigenvalue weighted by atomic mass is 9.78. The monoisotopic (exact) mass is 800 g/mol. The van der Waals surface area contributed by atoms with Crippen molar-refractivity contribution in [3.63, 3.8) is 0 Å². The van der Waals surface area contributed by atoms with Crippen LogP contribution in [0.5, 0.6) is 17.2 Å². The van der Waals surface area contributed by atoms with Crippen LogP contribution in [0.1, 0.15) is 68.6 Å². The Bertz CT molecular complexity index is 2430. The van der Waals surface area contributed by atoms with Crippen molar-refractivity contribution in [2.24, 2.45) is 23.7 Å². The van der Waals surface area contributed by atoms with E-state index in [1.54, 1.807) is 39.8 Å². The zero-order valence-corrected chi connectivity index (χ0v) is 34.6. The number of rotatable bonds is 2. The van der Waals surface area contributed by atoms with Crippen molar-refractivity contribution in [1.82, 2.24) is 4.98 Å². The first kappa shape index (κ1) is 42.3. The highest BCUT2D eigenvalue weighted by atomic mass is 16.7. The predicted molar refractivity (Wildman–Crippen MR) is 217 cm³/mol. The minimum absolute atomic E-state index is 0.0128. The smallest absolute Gasteiger partial charge is 0.312 e. The zero-order valence-electron chi connectivity index (χ0n) is 34.6. The number of benzene rings is 3. The van der Waals surface area contributed by atoms with Gasteiger partial charge >= 0.3 is 5.79 Å². The van der Waals surface area contributed by atoms with Gasteiger partial charge in [-0.25, -0.2) is 4.98 Å². The van der Waals surface area contributed by atoms with Crippen LogP contribution < -0.4 is 20.2 Å². The molecule has 0 fully saturated rings. The van der Waals surface area contributed by atoms with E-state index in [2.05, 4.69) is 5.32 Å². The normalized spacial score (nSPS) is 30.6. The van der Waals surface area contributed by atoms with E-state index in [1.165, 1.54) is 53.4 Å². The number of phenols is 1. The maximum Gasteiger partial charge on any atom is 0.312 e. The van der Waals surface area contributed by atoms with Gasteiger partial charge < -0.3 is 49.1 Å². The molecular weight excluding hydrogens is 748 g/mol. The van der Waals surface area contributed by atoms with E-state index in [0.717, 1.165) is 5.56 Å². The van der Waals surface area contributed by atoms with Gasteiger partial charge in [-0.2, -0.15) is 0 Å². The molecule has 9 atom stereocenters. The van der Waals surface area contributed by atoms with Crippen LogP contribution in [0.15, 0.2) is 51.4 Å². The average Bonchev–Trinajstić information content (AvgIpc) is 3.46. The van der Waals surface area contributed by atoms with Gasteiger partial charge in [0.2, 0.25) is 5.43 Å². The van der Waals surface area contributed by atoms with Crippen LogP contribution in [-0.4, -0.2) is 81.5 Å². The summed E-state index contributed by atoms with van der Waals surface area (Å²) >= 11 is 0. The SMILES string of the molecule is COc1c(C)cc(C)c2nc3c4c5c6c(C)c(O)c4c(=O)c(c-3oc12)NC(=O)/C(C)=C\C=C\[C@H](C)[C@H](O)[C@@H](C)[C@@H](O)[C@@H](C)[C@H](O)[C@H](C)[C@@H](OC)/C=C/O[C@@](C)(O6)C5=O. The number of amides is 1. The number of methoxy groups -OCH3 is 2. The largest absolute Gasteiger partial charge is 0.507 e. The molecule has 58 heavy (non-hydrogen) atoms. The molecule has 0 unspecified atom stereocenters. The lowest BCUT2D eigenvalue weighted by Crippen LogP contribution is -2.44. The number of hydrogen-bond acceptors (Lipinski definition) is 13. The van der Waals surface area contributed by atoms with Crippen LogP contribution in [0.4, 0.5) is 5.69 Å². The summed E-state index contributed by atoms with van der Waals surface area (Å²) in [5.41, 5.74) is 0.905. The minimum atomic E-state index is -2.01. The van der Waals surface area contributed by atoms with E-state index in [0.29, 0.717) is 16.8 Å². The summed E-state index contributed by atoms with van der Waals surface area (Å²) in [4.78, 5) is 48.0. The molecule has 1 amide bonds. The summed E-state index contributed by atoms with van der Waals surface area (Å²) < 4.78 is 30.0. The van der Waals surface area contributed by atoms with E-state index in [4.69, 9.17) is 28.3 Å². The number of nitrogens with one attached hydrogen (secondary N) is 1. The van der Waals surface area contributed by atoms with Crippen LogP contribution in [0.3, 0.4) is 0 Å².